The first-order valence-electron chi connectivity index (χ1n) is 9.61. The number of carbonyl (C=O) groups is 3. The van der Waals surface area contributed by atoms with Crippen LogP contribution >= 0.6 is 0 Å². The van der Waals surface area contributed by atoms with Crippen molar-refractivity contribution in [3.63, 3.8) is 0 Å². The molecule has 2 unspecified atom stereocenters. The summed E-state index contributed by atoms with van der Waals surface area (Å²) in [5, 5.41) is 9.67. The van der Waals surface area contributed by atoms with E-state index in [0.29, 0.717) is 17.4 Å². The van der Waals surface area contributed by atoms with E-state index in [1.807, 2.05) is 0 Å². The number of aliphatic carboxylic acids is 1. The van der Waals surface area contributed by atoms with Crippen LogP contribution in [0, 0.1) is 11.6 Å². The highest BCUT2D eigenvalue weighted by atomic mass is 19.1. The number of nitrogens with zero attached hydrogens (tertiary/aromatic N) is 2. The predicted molar refractivity (Wildman–Crippen MR) is 106 cm³/mol. The molecule has 3 amide bonds. The smallest absolute Gasteiger partial charge is 0.329 e. The maximum Gasteiger partial charge on any atom is 0.329 e. The lowest BCUT2D eigenvalue weighted by Gasteiger charge is -2.35. The quantitative estimate of drug-likeness (QED) is 0.677. The summed E-state index contributed by atoms with van der Waals surface area (Å²) in [5.74, 6) is -3.38. The molecule has 31 heavy (non-hydrogen) atoms. The summed E-state index contributed by atoms with van der Waals surface area (Å²) in [6, 6.07) is 6.94. The lowest BCUT2D eigenvalue weighted by atomic mass is 9.88. The van der Waals surface area contributed by atoms with Gasteiger partial charge in [0.1, 0.15) is 29.0 Å². The molecule has 2 aromatic carbocycles. The number of carboxylic acids is 1. The zero-order valence-electron chi connectivity index (χ0n) is 17.3. The molecule has 1 aliphatic heterocycles. The standard InChI is InChI=1S/C22H22F2N2O5/c1-4-18(19(27)28)26-21(30)25(12-13-5-7-17(31-3)8-6-13)20(29)22(26,2)14-9-15(23)11-16(24)10-14/h5-11,18H,4,12H2,1-3H3,(H,27,28). The number of hydrogen-bond donors (Lipinski definition) is 1. The van der Waals surface area contributed by atoms with Gasteiger partial charge in [-0.2, -0.15) is 0 Å². The Bertz CT molecular complexity index is 1010. The van der Waals surface area contributed by atoms with Gasteiger partial charge in [-0.1, -0.05) is 19.1 Å². The Kier molecular flexibility index (Phi) is 5.97. The SMILES string of the molecule is CCC(C(=O)O)N1C(=O)N(Cc2ccc(OC)cc2)C(=O)C1(C)c1cc(F)cc(F)c1. The highest BCUT2D eigenvalue weighted by molar-refractivity contribution is 6.08. The zero-order chi connectivity index (χ0) is 22.9. The number of halogens is 2. The fourth-order valence-electron chi connectivity index (χ4n) is 3.84. The van der Waals surface area contributed by atoms with Crippen molar-refractivity contribution in [2.75, 3.05) is 7.11 Å². The van der Waals surface area contributed by atoms with E-state index in [1.54, 1.807) is 31.2 Å². The summed E-state index contributed by atoms with van der Waals surface area (Å²) in [6.45, 7) is 2.72. The van der Waals surface area contributed by atoms with Crippen molar-refractivity contribution in [1.82, 2.24) is 9.80 Å². The van der Waals surface area contributed by atoms with Gasteiger partial charge in [0.15, 0.2) is 0 Å². The number of imide groups is 1. The van der Waals surface area contributed by atoms with Crippen LogP contribution in [0.2, 0.25) is 0 Å². The summed E-state index contributed by atoms with van der Waals surface area (Å²) in [6.07, 6.45) is -0.00187. The number of rotatable bonds is 7. The van der Waals surface area contributed by atoms with Gasteiger partial charge in [-0.25, -0.2) is 18.4 Å². The van der Waals surface area contributed by atoms with Gasteiger partial charge in [0.2, 0.25) is 0 Å². The summed E-state index contributed by atoms with van der Waals surface area (Å²) in [4.78, 5) is 40.4. The van der Waals surface area contributed by atoms with Crippen LogP contribution in [0.15, 0.2) is 42.5 Å². The van der Waals surface area contributed by atoms with Crippen molar-refractivity contribution >= 4 is 17.9 Å². The highest BCUT2D eigenvalue weighted by Crippen LogP contribution is 2.40. The molecule has 1 fully saturated rings. The average Bonchev–Trinajstić information content (AvgIpc) is 2.90. The van der Waals surface area contributed by atoms with Crippen LogP contribution in [-0.2, 0) is 21.7 Å². The number of urea groups is 1. The van der Waals surface area contributed by atoms with Crippen LogP contribution < -0.4 is 4.74 Å². The largest absolute Gasteiger partial charge is 0.497 e. The van der Waals surface area contributed by atoms with Crippen molar-refractivity contribution in [2.24, 2.45) is 0 Å². The number of amides is 3. The van der Waals surface area contributed by atoms with Crippen molar-refractivity contribution in [3.05, 3.63) is 65.2 Å². The van der Waals surface area contributed by atoms with Crippen molar-refractivity contribution < 1.29 is 33.0 Å². The Morgan fingerprint density at radius 1 is 1.13 bits per heavy atom. The number of carboxylic acid groups (broad SMARTS) is 1. The molecule has 0 spiro atoms. The van der Waals surface area contributed by atoms with E-state index in [9.17, 15) is 28.3 Å². The van der Waals surface area contributed by atoms with E-state index in [1.165, 1.54) is 14.0 Å². The predicted octanol–water partition coefficient (Wildman–Crippen LogP) is 3.52. The molecular weight excluding hydrogens is 410 g/mol. The number of hydrogen-bond acceptors (Lipinski definition) is 4. The molecule has 1 saturated heterocycles. The van der Waals surface area contributed by atoms with E-state index in [2.05, 4.69) is 0 Å². The van der Waals surface area contributed by atoms with Crippen LogP contribution in [0.5, 0.6) is 5.75 Å². The Labute approximate surface area is 177 Å². The van der Waals surface area contributed by atoms with Crippen molar-refractivity contribution in [1.29, 1.82) is 0 Å². The van der Waals surface area contributed by atoms with Gasteiger partial charge in [-0.3, -0.25) is 14.6 Å². The van der Waals surface area contributed by atoms with E-state index >= 15 is 0 Å². The molecular formula is C22H22F2N2O5. The van der Waals surface area contributed by atoms with E-state index in [-0.39, 0.29) is 18.5 Å². The van der Waals surface area contributed by atoms with Crippen LogP contribution in [0.25, 0.3) is 0 Å². The van der Waals surface area contributed by atoms with Gasteiger partial charge < -0.3 is 9.84 Å². The van der Waals surface area contributed by atoms with Gasteiger partial charge in [0.25, 0.3) is 5.91 Å². The number of ether oxygens (including phenoxy) is 1. The molecule has 7 nitrogen and oxygen atoms in total. The zero-order valence-corrected chi connectivity index (χ0v) is 17.3. The second-order valence-corrected chi connectivity index (χ2v) is 7.38. The maximum atomic E-state index is 14.0. The summed E-state index contributed by atoms with van der Waals surface area (Å²) in [5.41, 5.74) is -1.44. The topological polar surface area (TPSA) is 87.2 Å². The lowest BCUT2D eigenvalue weighted by Crippen LogP contribution is -2.52. The molecule has 1 aliphatic rings. The maximum absolute atomic E-state index is 14.0. The Morgan fingerprint density at radius 3 is 2.19 bits per heavy atom. The number of benzene rings is 2. The molecule has 2 atom stereocenters. The van der Waals surface area contributed by atoms with Crippen LogP contribution in [0.3, 0.4) is 0 Å². The molecule has 1 heterocycles. The Balaban J connectivity index is 2.10. The van der Waals surface area contributed by atoms with Gasteiger partial charge in [-0.05, 0) is 48.7 Å². The third-order valence-electron chi connectivity index (χ3n) is 5.49. The second-order valence-electron chi connectivity index (χ2n) is 7.38. The fraction of sp³-hybridized carbons (Fsp3) is 0.318. The molecule has 9 heteroatoms. The van der Waals surface area contributed by atoms with Crippen LogP contribution in [-0.4, -0.2) is 46.0 Å². The van der Waals surface area contributed by atoms with Gasteiger partial charge in [-0.15, -0.1) is 0 Å². The lowest BCUT2D eigenvalue weighted by molar-refractivity contribution is -0.145. The molecule has 3 rings (SSSR count). The third kappa shape index (κ3) is 3.83. The van der Waals surface area contributed by atoms with Gasteiger partial charge in [0.05, 0.1) is 13.7 Å². The third-order valence-corrected chi connectivity index (χ3v) is 5.49. The molecule has 0 bridgehead atoms. The molecule has 0 saturated carbocycles. The second kappa shape index (κ2) is 8.33. The summed E-state index contributed by atoms with van der Waals surface area (Å²) < 4.78 is 33.0. The van der Waals surface area contributed by atoms with Crippen molar-refractivity contribution in [2.45, 2.75) is 38.4 Å². The molecule has 2 aromatic rings. The van der Waals surface area contributed by atoms with E-state index < -0.39 is 41.1 Å². The highest BCUT2D eigenvalue weighted by Gasteiger charge is 2.58. The van der Waals surface area contributed by atoms with E-state index in [4.69, 9.17) is 4.74 Å². The van der Waals surface area contributed by atoms with Crippen LogP contribution in [0.4, 0.5) is 13.6 Å². The normalized spacial score (nSPS) is 19.6. The average molecular weight is 432 g/mol. The Morgan fingerprint density at radius 2 is 1.71 bits per heavy atom. The molecule has 0 aromatic heterocycles. The van der Waals surface area contributed by atoms with E-state index in [0.717, 1.165) is 21.9 Å². The first kappa shape index (κ1) is 22.2. The summed E-state index contributed by atoms with van der Waals surface area (Å²) >= 11 is 0. The van der Waals surface area contributed by atoms with Crippen LogP contribution in [0.1, 0.15) is 31.4 Å². The minimum absolute atomic E-state index is 0.00187. The van der Waals surface area contributed by atoms with Gasteiger partial charge in [0, 0.05) is 6.07 Å². The number of carbonyl (C=O) groups excluding carboxylic acids is 2. The molecule has 0 aliphatic carbocycles. The molecule has 1 N–H and O–H groups in total. The minimum atomic E-state index is -1.90. The summed E-state index contributed by atoms with van der Waals surface area (Å²) in [7, 11) is 1.50. The number of methoxy groups -OCH3 is 1. The van der Waals surface area contributed by atoms with Crippen molar-refractivity contribution in [3.8, 4) is 5.75 Å². The first-order valence-corrected chi connectivity index (χ1v) is 9.61. The monoisotopic (exact) mass is 432 g/mol. The minimum Gasteiger partial charge on any atom is -0.497 e. The van der Waals surface area contributed by atoms with Gasteiger partial charge >= 0.3 is 12.0 Å². The fourth-order valence-corrected chi connectivity index (χ4v) is 3.84. The molecule has 164 valence electrons. The Hall–Kier alpha value is -3.49. The molecule has 0 radical (unpaired) electrons. The first-order chi connectivity index (χ1) is 14.6.